The Kier molecular flexibility index (Phi) is 5.21. The van der Waals surface area contributed by atoms with Gasteiger partial charge in [-0.2, -0.15) is 13.2 Å². The molecular weight excluding hydrogens is 382 g/mol. The van der Waals surface area contributed by atoms with Gasteiger partial charge in [0.05, 0.1) is 10.5 Å². The minimum Gasteiger partial charge on any atom is -0.373 e. The number of anilines is 1. The lowest BCUT2D eigenvalue weighted by Gasteiger charge is -2.19. The molecule has 1 aliphatic rings. The number of nitrogens with one attached hydrogen (secondary N) is 1. The zero-order valence-corrected chi connectivity index (χ0v) is 14.4. The second-order valence-electron chi connectivity index (χ2n) is 6.36. The van der Waals surface area contributed by atoms with E-state index in [0.717, 1.165) is 12.1 Å². The Morgan fingerprint density at radius 1 is 1.18 bits per heavy atom. The maximum absolute atomic E-state index is 13.3. The molecule has 1 amide bonds. The first kappa shape index (κ1) is 19.6. The molecule has 3 rings (SSSR count). The Morgan fingerprint density at radius 2 is 1.86 bits per heavy atom. The number of halogens is 4. The number of rotatable bonds is 5. The van der Waals surface area contributed by atoms with Crippen LogP contribution in [0.2, 0.25) is 0 Å². The fraction of sp³-hybridized carbons (Fsp3) is 0.278. The summed E-state index contributed by atoms with van der Waals surface area (Å²) >= 11 is 0. The Morgan fingerprint density at radius 3 is 2.46 bits per heavy atom. The number of likely N-dealkylation sites (tertiary alicyclic amines) is 1. The molecular formula is C18H15F4N3O3. The van der Waals surface area contributed by atoms with Crippen LogP contribution < -0.4 is 5.32 Å². The van der Waals surface area contributed by atoms with Crippen molar-refractivity contribution >= 4 is 17.3 Å². The van der Waals surface area contributed by atoms with Crippen molar-refractivity contribution in [1.29, 1.82) is 0 Å². The molecule has 0 bridgehead atoms. The Bertz CT molecular complexity index is 900. The summed E-state index contributed by atoms with van der Waals surface area (Å²) in [6.45, 7) is 0.534. The molecule has 1 heterocycles. The first-order valence-corrected chi connectivity index (χ1v) is 8.30. The van der Waals surface area contributed by atoms with E-state index in [2.05, 4.69) is 5.32 Å². The summed E-state index contributed by atoms with van der Waals surface area (Å²) < 4.78 is 52.8. The van der Waals surface area contributed by atoms with Gasteiger partial charge < -0.3 is 10.2 Å². The van der Waals surface area contributed by atoms with Crippen LogP contribution >= 0.6 is 0 Å². The quantitative estimate of drug-likeness (QED) is 0.471. The van der Waals surface area contributed by atoms with E-state index < -0.39 is 40.1 Å². The van der Waals surface area contributed by atoms with Crippen molar-refractivity contribution in [3.8, 4) is 0 Å². The van der Waals surface area contributed by atoms with Gasteiger partial charge >= 0.3 is 6.18 Å². The van der Waals surface area contributed by atoms with Gasteiger partial charge in [-0.1, -0.05) is 12.1 Å². The molecule has 0 spiro atoms. The summed E-state index contributed by atoms with van der Waals surface area (Å²) in [6, 6.07) is 7.05. The largest absolute Gasteiger partial charge is 0.418 e. The second kappa shape index (κ2) is 7.45. The van der Waals surface area contributed by atoms with Gasteiger partial charge in [0.25, 0.3) is 5.69 Å². The molecule has 0 saturated carbocycles. The zero-order valence-electron chi connectivity index (χ0n) is 14.4. The van der Waals surface area contributed by atoms with Crippen LogP contribution in [0.25, 0.3) is 0 Å². The van der Waals surface area contributed by atoms with Crippen LogP contribution in [0.4, 0.5) is 28.9 Å². The molecule has 6 nitrogen and oxygen atoms in total. The molecule has 148 valence electrons. The van der Waals surface area contributed by atoms with Crippen LogP contribution in [-0.4, -0.2) is 28.3 Å². The van der Waals surface area contributed by atoms with Crippen molar-refractivity contribution in [1.82, 2.24) is 4.90 Å². The fourth-order valence-electron chi connectivity index (χ4n) is 3.03. The lowest BCUT2D eigenvalue weighted by molar-refractivity contribution is -0.385. The first-order chi connectivity index (χ1) is 13.1. The van der Waals surface area contributed by atoms with E-state index in [1.54, 1.807) is 0 Å². The molecule has 1 saturated heterocycles. The maximum atomic E-state index is 13.3. The van der Waals surface area contributed by atoms with Crippen LogP contribution in [0, 0.1) is 15.9 Å². The topological polar surface area (TPSA) is 75.5 Å². The molecule has 0 aliphatic carbocycles. The average Bonchev–Trinajstić information content (AvgIpc) is 2.96. The fourth-order valence-corrected chi connectivity index (χ4v) is 3.03. The third-order valence-electron chi connectivity index (χ3n) is 4.43. The lowest BCUT2D eigenvalue weighted by atomic mass is 10.1. The van der Waals surface area contributed by atoms with E-state index in [9.17, 15) is 32.5 Å². The van der Waals surface area contributed by atoms with Gasteiger partial charge in [0, 0.05) is 30.9 Å². The monoisotopic (exact) mass is 397 g/mol. The minimum atomic E-state index is -4.82. The van der Waals surface area contributed by atoms with Crippen LogP contribution in [0.1, 0.15) is 17.5 Å². The summed E-state index contributed by atoms with van der Waals surface area (Å²) in [4.78, 5) is 23.8. The number of carbonyl (C=O) groups is 1. The molecule has 1 N–H and O–H groups in total. The molecule has 10 heteroatoms. The predicted octanol–water partition coefficient (Wildman–Crippen LogP) is 3.97. The van der Waals surface area contributed by atoms with Gasteiger partial charge in [-0.25, -0.2) is 4.39 Å². The van der Waals surface area contributed by atoms with Crippen molar-refractivity contribution in [2.24, 2.45) is 0 Å². The minimum absolute atomic E-state index is 0.212. The molecule has 0 radical (unpaired) electrons. The van der Waals surface area contributed by atoms with Gasteiger partial charge in [0.2, 0.25) is 5.91 Å². The lowest BCUT2D eigenvalue weighted by Crippen LogP contribution is -2.33. The molecule has 1 fully saturated rings. The van der Waals surface area contributed by atoms with E-state index >= 15 is 0 Å². The van der Waals surface area contributed by atoms with E-state index in [4.69, 9.17) is 0 Å². The van der Waals surface area contributed by atoms with Crippen molar-refractivity contribution < 1.29 is 27.3 Å². The zero-order chi connectivity index (χ0) is 20.5. The average molecular weight is 397 g/mol. The van der Waals surface area contributed by atoms with Crippen molar-refractivity contribution in [2.75, 3.05) is 11.9 Å². The number of nitrogens with zero attached hydrogens (tertiary/aromatic N) is 2. The standard InChI is InChI=1S/C18H15F4N3O3/c19-12-3-1-11(2-4-12)10-24-8-7-16(17(24)26)23-15-6-5-13(25(27)28)9-14(15)18(20,21)22/h1-6,9,16,23H,7-8,10H2. The number of hydrogen-bond acceptors (Lipinski definition) is 4. The smallest absolute Gasteiger partial charge is 0.373 e. The summed E-state index contributed by atoms with van der Waals surface area (Å²) in [5, 5.41) is 13.3. The Hall–Kier alpha value is -3.17. The molecule has 0 aromatic heterocycles. The van der Waals surface area contributed by atoms with E-state index in [0.29, 0.717) is 18.2 Å². The van der Waals surface area contributed by atoms with Gasteiger partial charge in [0.15, 0.2) is 0 Å². The SMILES string of the molecule is O=C1C(Nc2ccc([N+](=O)[O-])cc2C(F)(F)F)CCN1Cc1ccc(F)cc1. The molecule has 1 aliphatic heterocycles. The van der Waals surface area contributed by atoms with Gasteiger partial charge in [-0.05, 0) is 30.2 Å². The number of amides is 1. The van der Waals surface area contributed by atoms with Crippen LogP contribution in [-0.2, 0) is 17.5 Å². The third-order valence-corrected chi connectivity index (χ3v) is 4.43. The van der Waals surface area contributed by atoms with Crippen molar-refractivity contribution in [3.63, 3.8) is 0 Å². The molecule has 2 aromatic carbocycles. The second-order valence-corrected chi connectivity index (χ2v) is 6.36. The number of nitro groups is 1. The van der Waals surface area contributed by atoms with Gasteiger partial charge in [-0.3, -0.25) is 14.9 Å². The highest BCUT2D eigenvalue weighted by atomic mass is 19.4. The van der Waals surface area contributed by atoms with Gasteiger partial charge in [0.1, 0.15) is 11.9 Å². The summed E-state index contributed by atoms with van der Waals surface area (Å²) in [7, 11) is 0. The van der Waals surface area contributed by atoms with E-state index in [-0.39, 0.29) is 18.7 Å². The third kappa shape index (κ3) is 4.21. The first-order valence-electron chi connectivity index (χ1n) is 8.30. The highest BCUT2D eigenvalue weighted by Gasteiger charge is 2.38. The van der Waals surface area contributed by atoms with Crippen molar-refractivity contribution in [3.05, 3.63) is 69.5 Å². The number of carbonyl (C=O) groups excluding carboxylic acids is 1. The number of benzene rings is 2. The number of hydrogen-bond donors (Lipinski definition) is 1. The summed E-state index contributed by atoms with van der Waals surface area (Å²) in [6.07, 6.45) is -4.54. The van der Waals surface area contributed by atoms with Crippen LogP contribution in [0.5, 0.6) is 0 Å². The Labute approximate surface area is 156 Å². The highest BCUT2D eigenvalue weighted by Crippen LogP contribution is 2.37. The van der Waals surface area contributed by atoms with Crippen LogP contribution in [0.15, 0.2) is 42.5 Å². The van der Waals surface area contributed by atoms with Gasteiger partial charge in [-0.15, -0.1) is 0 Å². The number of nitro benzene ring substituents is 1. The molecule has 28 heavy (non-hydrogen) atoms. The summed E-state index contributed by atoms with van der Waals surface area (Å²) in [5.74, 6) is -0.801. The highest BCUT2D eigenvalue weighted by molar-refractivity contribution is 5.87. The summed E-state index contributed by atoms with van der Waals surface area (Å²) in [5.41, 5.74) is -1.58. The molecule has 1 unspecified atom stereocenters. The van der Waals surface area contributed by atoms with E-state index in [1.807, 2.05) is 0 Å². The number of non-ortho nitro benzene ring substituents is 1. The normalized spacial score (nSPS) is 17.1. The predicted molar refractivity (Wildman–Crippen MR) is 91.9 cm³/mol. The molecule has 2 aromatic rings. The Balaban J connectivity index is 1.76. The number of alkyl halides is 3. The van der Waals surface area contributed by atoms with Crippen molar-refractivity contribution in [2.45, 2.75) is 25.2 Å². The van der Waals surface area contributed by atoms with E-state index in [1.165, 1.54) is 29.2 Å². The molecule has 1 atom stereocenters. The maximum Gasteiger partial charge on any atom is 0.418 e. The van der Waals surface area contributed by atoms with Crippen LogP contribution in [0.3, 0.4) is 0 Å².